The van der Waals surface area contributed by atoms with Gasteiger partial charge < -0.3 is 19.7 Å². The number of rotatable bonds is 10. The molecule has 0 radical (unpaired) electrons. The fourth-order valence-electron chi connectivity index (χ4n) is 4.49. The Bertz CT molecular complexity index is 1560. The lowest BCUT2D eigenvalue weighted by atomic mass is 10.0. The van der Waals surface area contributed by atoms with Crippen LogP contribution in [0, 0.1) is 0 Å². The molecule has 4 rings (SSSR count). The van der Waals surface area contributed by atoms with Crippen LogP contribution in [0.1, 0.15) is 31.9 Å². The van der Waals surface area contributed by atoms with E-state index in [1.807, 2.05) is 51.1 Å². The second-order valence-electron chi connectivity index (χ2n) is 11.0. The van der Waals surface area contributed by atoms with Gasteiger partial charge in [0, 0.05) is 34.6 Å². The van der Waals surface area contributed by atoms with Crippen LogP contribution in [-0.2, 0) is 32.6 Å². The number of ether oxygens (including phenoxy) is 2. The number of amides is 2. The van der Waals surface area contributed by atoms with Crippen LogP contribution in [0.5, 0.6) is 11.5 Å². The summed E-state index contributed by atoms with van der Waals surface area (Å²) < 4.78 is 37.7. The van der Waals surface area contributed by atoms with Crippen molar-refractivity contribution in [2.45, 2.75) is 45.3 Å². The Hall–Kier alpha value is -3.47. The molecule has 1 heterocycles. The van der Waals surface area contributed by atoms with E-state index < -0.39 is 40.0 Å². The van der Waals surface area contributed by atoms with E-state index in [0.717, 1.165) is 16.1 Å². The van der Waals surface area contributed by atoms with Gasteiger partial charge in [-0.1, -0.05) is 59.6 Å². The number of carbonyl (C=O) groups excluding carboxylic acids is 2. The molecule has 42 heavy (non-hydrogen) atoms. The molecule has 0 aliphatic carbocycles. The van der Waals surface area contributed by atoms with Gasteiger partial charge in [-0.3, -0.25) is 13.9 Å². The zero-order valence-corrected chi connectivity index (χ0v) is 26.1. The minimum Gasteiger partial charge on any atom is -0.454 e. The van der Waals surface area contributed by atoms with Crippen molar-refractivity contribution in [3.63, 3.8) is 0 Å². The highest BCUT2D eigenvalue weighted by Crippen LogP contribution is 2.36. The molecule has 0 spiro atoms. The van der Waals surface area contributed by atoms with Crippen LogP contribution < -0.4 is 19.1 Å². The first-order valence-electron chi connectivity index (χ1n) is 13.2. The van der Waals surface area contributed by atoms with E-state index in [4.69, 9.17) is 32.7 Å². The summed E-state index contributed by atoms with van der Waals surface area (Å²) in [7, 11) is -3.94. The van der Waals surface area contributed by atoms with E-state index in [-0.39, 0.29) is 25.4 Å². The summed E-state index contributed by atoms with van der Waals surface area (Å²) in [5, 5.41) is 3.71. The molecular weight excluding hydrogens is 601 g/mol. The molecule has 1 atom stereocenters. The van der Waals surface area contributed by atoms with Crippen LogP contribution in [0.25, 0.3) is 0 Å². The van der Waals surface area contributed by atoms with Crippen LogP contribution in [0.3, 0.4) is 0 Å². The normalized spacial score (nSPS) is 13.4. The van der Waals surface area contributed by atoms with Crippen LogP contribution in [0.4, 0.5) is 5.69 Å². The number of benzene rings is 3. The van der Waals surface area contributed by atoms with E-state index in [0.29, 0.717) is 27.1 Å². The van der Waals surface area contributed by atoms with Gasteiger partial charge in [0.25, 0.3) is 0 Å². The number of sulfonamides is 1. The Morgan fingerprint density at radius 3 is 2.31 bits per heavy atom. The van der Waals surface area contributed by atoms with Crippen LogP contribution in [0.15, 0.2) is 66.7 Å². The van der Waals surface area contributed by atoms with Gasteiger partial charge in [0.1, 0.15) is 12.6 Å². The van der Waals surface area contributed by atoms with Gasteiger partial charge in [0.05, 0.1) is 11.9 Å². The van der Waals surface area contributed by atoms with Crippen molar-refractivity contribution in [1.29, 1.82) is 0 Å². The van der Waals surface area contributed by atoms with Crippen LogP contribution in [0.2, 0.25) is 10.0 Å². The zero-order valence-electron chi connectivity index (χ0n) is 23.8. The van der Waals surface area contributed by atoms with E-state index in [1.54, 1.807) is 24.3 Å². The molecule has 224 valence electrons. The number of anilines is 1. The molecule has 0 unspecified atom stereocenters. The number of nitrogens with zero attached hydrogens (tertiary/aromatic N) is 2. The van der Waals surface area contributed by atoms with Crippen molar-refractivity contribution in [3.8, 4) is 11.5 Å². The van der Waals surface area contributed by atoms with Crippen molar-refractivity contribution in [3.05, 3.63) is 87.9 Å². The molecule has 9 nitrogen and oxygen atoms in total. The number of nitrogens with one attached hydrogen (secondary N) is 1. The van der Waals surface area contributed by atoms with E-state index in [2.05, 4.69) is 5.32 Å². The largest absolute Gasteiger partial charge is 0.454 e. The molecule has 1 N–H and O–H groups in total. The number of carbonyl (C=O) groups is 2. The summed E-state index contributed by atoms with van der Waals surface area (Å²) in [5.41, 5.74) is 0.995. The second kappa shape index (κ2) is 12.8. The highest BCUT2D eigenvalue weighted by Gasteiger charge is 2.35. The molecule has 3 aromatic rings. The maximum Gasteiger partial charge on any atom is 0.244 e. The van der Waals surface area contributed by atoms with Crippen molar-refractivity contribution in [1.82, 2.24) is 10.2 Å². The molecule has 1 aliphatic heterocycles. The molecule has 12 heteroatoms. The quantitative estimate of drug-likeness (QED) is 0.335. The van der Waals surface area contributed by atoms with Crippen molar-refractivity contribution >= 4 is 50.7 Å². The summed E-state index contributed by atoms with van der Waals surface area (Å²) >= 11 is 12.6. The Morgan fingerprint density at radius 1 is 0.976 bits per heavy atom. The third-order valence-corrected chi connectivity index (χ3v) is 8.18. The summed E-state index contributed by atoms with van der Waals surface area (Å²) in [4.78, 5) is 29.4. The number of halogens is 2. The predicted octanol–water partition coefficient (Wildman–Crippen LogP) is 5.04. The van der Waals surface area contributed by atoms with Gasteiger partial charge in [-0.2, -0.15) is 0 Å². The molecule has 0 aromatic heterocycles. The topological polar surface area (TPSA) is 105 Å². The Morgan fingerprint density at radius 2 is 1.67 bits per heavy atom. The predicted molar refractivity (Wildman–Crippen MR) is 164 cm³/mol. The first kappa shape index (κ1) is 31.5. The van der Waals surface area contributed by atoms with Gasteiger partial charge in [-0.25, -0.2) is 8.42 Å². The third kappa shape index (κ3) is 8.08. The standard InChI is InChI=1S/C30H33Cl2N3O6S/c1-30(2,3)33-29(37)25(14-20-8-6-5-7-9-20)34(17-21-10-11-22(31)15-24(21)32)28(36)18-35(42(4,38)39)23-12-13-26-27(16-23)41-19-40-26/h5-13,15-16,25H,14,17-19H2,1-4H3,(H,33,37)/t25-/m0/s1. The smallest absolute Gasteiger partial charge is 0.244 e. The molecule has 0 bridgehead atoms. The van der Waals surface area contributed by atoms with E-state index >= 15 is 0 Å². The molecule has 1 aliphatic rings. The summed E-state index contributed by atoms with van der Waals surface area (Å²) in [6.45, 7) is 4.91. The first-order valence-corrected chi connectivity index (χ1v) is 15.8. The number of hydrogen-bond acceptors (Lipinski definition) is 6. The van der Waals surface area contributed by atoms with Crippen LogP contribution >= 0.6 is 23.2 Å². The Kier molecular flexibility index (Phi) is 9.60. The Balaban J connectivity index is 1.76. The fourth-order valence-corrected chi connectivity index (χ4v) is 5.80. The van der Waals surface area contributed by atoms with Crippen molar-refractivity contribution < 1.29 is 27.5 Å². The average molecular weight is 635 g/mol. The second-order valence-corrected chi connectivity index (χ2v) is 13.8. The molecule has 3 aromatic carbocycles. The van der Waals surface area contributed by atoms with Gasteiger partial charge in [0.15, 0.2) is 11.5 Å². The SMILES string of the molecule is CC(C)(C)NC(=O)[C@H](Cc1ccccc1)N(Cc1ccc(Cl)cc1Cl)C(=O)CN(c1ccc2c(c1)OCO2)S(C)(=O)=O. The van der Waals surface area contributed by atoms with Gasteiger partial charge in [0.2, 0.25) is 28.6 Å². The molecule has 2 amide bonds. The number of hydrogen-bond donors (Lipinski definition) is 1. The van der Waals surface area contributed by atoms with Crippen LogP contribution in [-0.4, -0.2) is 56.3 Å². The maximum absolute atomic E-state index is 14.2. The van der Waals surface area contributed by atoms with E-state index in [9.17, 15) is 18.0 Å². The summed E-state index contributed by atoms with van der Waals surface area (Å²) in [6.07, 6.45) is 1.20. The molecule has 0 saturated carbocycles. The van der Waals surface area contributed by atoms with Crippen molar-refractivity contribution in [2.75, 3.05) is 23.9 Å². The summed E-state index contributed by atoms with van der Waals surface area (Å²) in [6, 6.07) is 17.8. The monoisotopic (exact) mass is 633 g/mol. The summed E-state index contributed by atoms with van der Waals surface area (Å²) in [5.74, 6) is -0.155. The Labute approximate surface area is 256 Å². The minimum atomic E-state index is -3.94. The lowest BCUT2D eigenvalue weighted by Gasteiger charge is -2.35. The molecule has 0 fully saturated rings. The fraction of sp³-hybridized carbons (Fsp3) is 0.333. The zero-order chi connectivity index (χ0) is 30.7. The average Bonchev–Trinajstić information content (AvgIpc) is 3.37. The number of fused-ring (bicyclic) bond motifs is 1. The van der Waals surface area contributed by atoms with Gasteiger partial charge in [-0.05, 0) is 56.2 Å². The highest BCUT2D eigenvalue weighted by atomic mass is 35.5. The van der Waals surface area contributed by atoms with Gasteiger partial charge >= 0.3 is 0 Å². The lowest BCUT2D eigenvalue weighted by Crippen LogP contribution is -2.56. The minimum absolute atomic E-state index is 0.0102. The molecular formula is C30H33Cl2N3O6S. The lowest BCUT2D eigenvalue weighted by molar-refractivity contribution is -0.140. The first-order chi connectivity index (χ1) is 19.7. The van der Waals surface area contributed by atoms with E-state index in [1.165, 1.54) is 17.0 Å². The maximum atomic E-state index is 14.2. The molecule has 0 saturated heterocycles. The van der Waals surface area contributed by atoms with Crippen molar-refractivity contribution in [2.24, 2.45) is 0 Å². The highest BCUT2D eigenvalue weighted by molar-refractivity contribution is 7.92. The van der Waals surface area contributed by atoms with Gasteiger partial charge in [-0.15, -0.1) is 0 Å². The third-order valence-electron chi connectivity index (χ3n) is 6.45.